The molecule has 2 rings (SSSR count). The third kappa shape index (κ3) is 2.97. The van der Waals surface area contributed by atoms with Gasteiger partial charge in [-0.3, -0.25) is 4.79 Å². The molecule has 0 spiro atoms. The van der Waals surface area contributed by atoms with Crippen molar-refractivity contribution in [3.63, 3.8) is 0 Å². The zero-order valence-electron chi connectivity index (χ0n) is 10.8. The predicted octanol–water partition coefficient (Wildman–Crippen LogP) is 2.15. The third-order valence-corrected chi connectivity index (χ3v) is 3.59. The van der Waals surface area contributed by atoms with Crippen LogP contribution in [0.1, 0.15) is 23.2 Å². The molecule has 0 bridgehead atoms. The van der Waals surface area contributed by atoms with Gasteiger partial charge in [0.15, 0.2) is 0 Å². The van der Waals surface area contributed by atoms with Crippen LogP contribution in [0.3, 0.4) is 0 Å². The SMILES string of the molecule is NC(=O)c1ccc(N)cc1N1CCC(C(F)(F)F)CC1. The lowest BCUT2D eigenvalue weighted by Gasteiger charge is -2.35. The summed E-state index contributed by atoms with van der Waals surface area (Å²) in [5, 5.41) is 0. The molecule has 110 valence electrons. The molecular formula is C13H16F3N3O. The second-order valence-electron chi connectivity index (χ2n) is 4.94. The summed E-state index contributed by atoms with van der Waals surface area (Å²) in [6.07, 6.45) is -4.14. The molecule has 7 heteroatoms. The van der Waals surface area contributed by atoms with E-state index in [-0.39, 0.29) is 31.5 Å². The van der Waals surface area contributed by atoms with Crippen LogP contribution < -0.4 is 16.4 Å². The number of halogens is 3. The van der Waals surface area contributed by atoms with E-state index in [1.807, 2.05) is 0 Å². The van der Waals surface area contributed by atoms with Crippen LogP contribution in [-0.2, 0) is 0 Å². The fourth-order valence-electron chi connectivity index (χ4n) is 2.47. The lowest BCUT2D eigenvalue weighted by Crippen LogP contribution is -2.39. The minimum atomic E-state index is -4.16. The van der Waals surface area contributed by atoms with E-state index in [9.17, 15) is 18.0 Å². The zero-order valence-corrected chi connectivity index (χ0v) is 10.8. The monoisotopic (exact) mass is 287 g/mol. The number of alkyl halides is 3. The number of nitrogens with two attached hydrogens (primary N) is 2. The van der Waals surface area contributed by atoms with Crippen LogP contribution >= 0.6 is 0 Å². The first-order valence-corrected chi connectivity index (χ1v) is 6.30. The quantitative estimate of drug-likeness (QED) is 0.819. The van der Waals surface area contributed by atoms with Crippen molar-refractivity contribution in [3.05, 3.63) is 23.8 Å². The Hall–Kier alpha value is -1.92. The number of hydrogen-bond donors (Lipinski definition) is 2. The second kappa shape index (κ2) is 5.22. The number of carbonyl (C=O) groups excluding carboxylic acids is 1. The summed E-state index contributed by atoms with van der Waals surface area (Å²) in [4.78, 5) is 13.1. The van der Waals surface area contributed by atoms with Gasteiger partial charge in [0.05, 0.1) is 17.2 Å². The van der Waals surface area contributed by atoms with Crippen LogP contribution in [0.2, 0.25) is 0 Å². The van der Waals surface area contributed by atoms with E-state index in [0.29, 0.717) is 11.4 Å². The molecule has 1 aromatic carbocycles. The zero-order chi connectivity index (χ0) is 14.9. The van der Waals surface area contributed by atoms with Gasteiger partial charge in [-0.05, 0) is 31.0 Å². The van der Waals surface area contributed by atoms with E-state index in [0.717, 1.165) is 0 Å². The van der Waals surface area contributed by atoms with Gasteiger partial charge in [-0.1, -0.05) is 0 Å². The average Bonchev–Trinajstić information content (AvgIpc) is 2.37. The van der Waals surface area contributed by atoms with Crippen molar-refractivity contribution in [2.75, 3.05) is 23.7 Å². The van der Waals surface area contributed by atoms with Crippen molar-refractivity contribution < 1.29 is 18.0 Å². The van der Waals surface area contributed by atoms with Gasteiger partial charge >= 0.3 is 6.18 Å². The largest absolute Gasteiger partial charge is 0.399 e. The van der Waals surface area contributed by atoms with Crippen molar-refractivity contribution in [1.82, 2.24) is 0 Å². The van der Waals surface area contributed by atoms with Gasteiger partial charge in [0, 0.05) is 18.8 Å². The second-order valence-corrected chi connectivity index (χ2v) is 4.94. The van der Waals surface area contributed by atoms with Crippen LogP contribution in [0.4, 0.5) is 24.5 Å². The van der Waals surface area contributed by atoms with Gasteiger partial charge in [-0.25, -0.2) is 0 Å². The van der Waals surface area contributed by atoms with Crippen LogP contribution in [-0.4, -0.2) is 25.2 Å². The standard InChI is InChI=1S/C13H16F3N3O/c14-13(15,16)8-3-5-19(6-4-8)11-7-9(17)1-2-10(11)12(18)20/h1-2,7-8H,3-6,17H2,(H2,18,20). The van der Waals surface area contributed by atoms with Crippen LogP contribution in [0.25, 0.3) is 0 Å². The van der Waals surface area contributed by atoms with Gasteiger partial charge in [-0.2, -0.15) is 13.2 Å². The van der Waals surface area contributed by atoms with E-state index in [4.69, 9.17) is 11.5 Å². The average molecular weight is 287 g/mol. The van der Waals surface area contributed by atoms with Gasteiger partial charge in [0.1, 0.15) is 0 Å². The number of amides is 1. The number of piperidine rings is 1. The Labute approximate surface area is 114 Å². The molecule has 4 N–H and O–H groups in total. The molecule has 1 heterocycles. The molecule has 1 amide bonds. The fourth-order valence-corrected chi connectivity index (χ4v) is 2.47. The Balaban J connectivity index is 2.18. The summed E-state index contributed by atoms with van der Waals surface area (Å²) < 4.78 is 37.9. The highest BCUT2D eigenvalue weighted by Crippen LogP contribution is 2.36. The molecule has 4 nitrogen and oxygen atoms in total. The first-order valence-electron chi connectivity index (χ1n) is 6.30. The molecule has 1 aromatic rings. The summed E-state index contributed by atoms with van der Waals surface area (Å²) in [5.41, 5.74) is 12.2. The maximum atomic E-state index is 12.6. The van der Waals surface area contributed by atoms with Crippen LogP contribution in [0, 0.1) is 5.92 Å². The molecule has 20 heavy (non-hydrogen) atoms. The van der Waals surface area contributed by atoms with Crippen LogP contribution in [0.5, 0.6) is 0 Å². The molecule has 1 aliphatic rings. The normalized spacial score (nSPS) is 17.2. The minimum Gasteiger partial charge on any atom is -0.399 e. The number of hydrogen-bond acceptors (Lipinski definition) is 3. The molecule has 1 saturated heterocycles. The molecule has 0 atom stereocenters. The van der Waals surface area contributed by atoms with E-state index in [1.165, 1.54) is 6.07 Å². The van der Waals surface area contributed by atoms with Gasteiger partial charge < -0.3 is 16.4 Å². The summed E-state index contributed by atoms with van der Waals surface area (Å²) >= 11 is 0. The van der Waals surface area contributed by atoms with Crippen molar-refractivity contribution >= 4 is 17.3 Å². The van der Waals surface area contributed by atoms with Crippen molar-refractivity contribution in [2.24, 2.45) is 11.7 Å². The lowest BCUT2D eigenvalue weighted by molar-refractivity contribution is -0.179. The van der Waals surface area contributed by atoms with E-state index in [1.54, 1.807) is 17.0 Å². The lowest BCUT2D eigenvalue weighted by atomic mass is 9.95. The Bertz CT molecular complexity index is 508. The number of benzene rings is 1. The summed E-state index contributed by atoms with van der Waals surface area (Å²) in [5.74, 6) is -1.89. The Morgan fingerprint density at radius 3 is 2.35 bits per heavy atom. The number of anilines is 2. The maximum absolute atomic E-state index is 12.6. The Morgan fingerprint density at radius 2 is 1.85 bits per heavy atom. The minimum absolute atomic E-state index is 0.0104. The molecule has 0 radical (unpaired) electrons. The summed E-state index contributed by atoms with van der Waals surface area (Å²) in [7, 11) is 0. The number of rotatable bonds is 2. The molecular weight excluding hydrogens is 271 g/mol. The van der Waals surface area contributed by atoms with Crippen molar-refractivity contribution in [1.29, 1.82) is 0 Å². The first-order chi connectivity index (χ1) is 9.29. The van der Waals surface area contributed by atoms with Gasteiger partial charge in [-0.15, -0.1) is 0 Å². The fraction of sp³-hybridized carbons (Fsp3) is 0.462. The molecule has 1 aliphatic heterocycles. The van der Waals surface area contributed by atoms with E-state index < -0.39 is 18.0 Å². The molecule has 1 fully saturated rings. The Kier molecular flexibility index (Phi) is 3.78. The topological polar surface area (TPSA) is 72.3 Å². The highest BCUT2D eigenvalue weighted by molar-refractivity contribution is 5.99. The smallest absolute Gasteiger partial charge is 0.391 e. The highest BCUT2D eigenvalue weighted by Gasteiger charge is 2.41. The highest BCUT2D eigenvalue weighted by atomic mass is 19.4. The van der Waals surface area contributed by atoms with Gasteiger partial charge in [0.25, 0.3) is 5.91 Å². The van der Waals surface area contributed by atoms with Crippen LogP contribution in [0.15, 0.2) is 18.2 Å². The van der Waals surface area contributed by atoms with Crippen molar-refractivity contribution in [3.8, 4) is 0 Å². The summed E-state index contributed by atoms with van der Waals surface area (Å²) in [6, 6.07) is 4.63. The molecule has 0 aliphatic carbocycles. The Morgan fingerprint density at radius 1 is 1.25 bits per heavy atom. The molecule has 0 saturated carbocycles. The van der Waals surface area contributed by atoms with E-state index in [2.05, 4.69) is 0 Å². The first kappa shape index (κ1) is 14.5. The number of carbonyl (C=O) groups is 1. The predicted molar refractivity (Wildman–Crippen MR) is 70.4 cm³/mol. The molecule has 0 aromatic heterocycles. The third-order valence-electron chi connectivity index (χ3n) is 3.59. The summed E-state index contributed by atoms with van der Waals surface area (Å²) in [6.45, 7) is 0.460. The number of primary amides is 1. The van der Waals surface area contributed by atoms with E-state index >= 15 is 0 Å². The number of nitrogens with zero attached hydrogens (tertiary/aromatic N) is 1. The van der Waals surface area contributed by atoms with Crippen molar-refractivity contribution in [2.45, 2.75) is 19.0 Å². The van der Waals surface area contributed by atoms with Gasteiger partial charge in [0.2, 0.25) is 0 Å². The maximum Gasteiger partial charge on any atom is 0.391 e. The molecule has 0 unspecified atom stereocenters. The number of nitrogen functional groups attached to an aromatic ring is 1.